The van der Waals surface area contributed by atoms with Crippen molar-refractivity contribution in [3.8, 4) is 0 Å². The van der Waals surface area contributed by atoms with Gasteiger partial charge in [-0.15, -0.1) is 24.0 Å². The summed E-state index contributed by atoms with van der Waals surface area (Å²) in [5.41, 5.74) is 0. The predicted octanol–water partition coefficient (Wildman–Crippen LogP) is 2.02. The van der Waals surface area contributed by atoms with E-state index in [9.17, 15) is 0 Å². The van der Waals surface area contributed by atoms with Gasteiger partial charge in [0.15, 0.2) is 5.96 Å². The summed E-state index contributed by atoms with van der Waals surface area (Å²) in [5, 5.41) is 6.70. The molecule has 1 aliphatic rings. The molecule has 2 heterocycles. The third-order valence-electron chi connectivity index (χ3n) is 4.58. The molecular formula is C18H34IN5O. The fourth-order valence-electron chi connectivity index (χ4n) is 2.96. The van der Waals surface area contributed by atoms with Crippen molar-refractivity contribution < 1.29 is 4.42 Å². The van der Waals surface area contributed by atoms with Crippen molar-refractivity contribution in [1.82, 2.24) is 20.4 Å². The number of hydrogen-bond acceptors (Lipinski definition) is 4. The maximum atomic E-state index is 5.36. The first kappa shape index (κ1) is 22.2. The molecule has 1 aromatic rings. The average Bonchev–Trinajstić information content (AvgIpc) is 3.13. The Morgan fingerprint density at radius 3 is 2.60 bits per heavy atom. The van der Waals surface area contributed by atoms with Crippen molar-refractivity contribution in [2.75, 3.05) is 52.4 Å². The maximum absolute atomic E-state index is 5.36. The molecule has 0 aliphatic carbocycles. The van der Waals surface area contributed by atoms with Crippen molar-refractivity contribution in [3.63, 3.8) is 0 Å². The topological polar surface area (TPSA) is 56.0 Å². The van der Waals surface area contributed by atoms with Crippen LogP contribution in [0.3, 0.4) is 0 Å². The second-order valence-electron chi connectivity index (χ2n) is 6.30. The quantitative estimate of drug-likeness (QED) is 0.351. The molecule has 0 aromatic carbocycles. The molecule has 1 aliphatic heterocycles. The number of aliphatic imine (C=N–C) groups is 1. The Balaban J connectivity index is 0.00000312. The van der Waals surface area contributed by atoms with Gasteiger partial charge < -0.3 is 20.0 Å². The minimum absolute atomic E-state index is 0. The highest BCUT2D eigenvalue weighted by Gasteiger charge is 2.19. The zero-order chi connectivity index (χ0) is 17.2. The van der Waals surface area contributed by atoms with E-state index < -0.39 is 0 Å². The van der Waals surface area contributed by atoms with Crippen molar-refractivity contribution in [3.05, 3.63) is 24.2 Å². The van der Waals surface area contributed by atoms with Crippen LogP contribution in [0.15, 0.2) is 27.8 Å². The second kappa shape index (κ2) is 12.5. The molecule has 144 valence electrons. The van der Waals surface area contributed by atoms with Crippen LogP contribution >= 0.6 is 24.0 Å². The van der Waals surface area contributed by atoms with Crippen LogP contribution in [0.25, 0.3) is 0 Å². The van der Waals surface area contributed by atoms with Gasteiger partial charge in [0.2, 0.25) is 0 Å². The van der Waals surface area contributed by atoms with E-state index in [1.165, 1.54) is 13.1 Å². The largest absolute Gasteiger partial charge is 0.469 e. The van der Waals surface area contributed by atoms with E-state index in [1.807, 2.05) is 12.1 Å². The molecule has 1 aromatic heterocycles. The summed E-state index contributed by atoms with van der Waals surface area (Å²) in [6, 6.07) is 4.41. The zero-order valence-corrected chi connectivity index (χ0v) is 18.2. The van der Waals surface area contributed by atoms with E-state index in [0.29, 0.717) is 6.04 Å². The highest BCUT2D eigenvalue weighted by molar-refractivity contribution is 14.0. The van der Waals surface area contributed by atoms with Crippen LogP contribution in [0.2, 0.25) is 0 Å². The first-order chi connectivity index (χ1) is 11.7. The molecule has 0 saturated carbocycles. The molecule has 1 saturated heterocycles. The Hall–Kier alpha value is -0.800. The summed E-state index contributed by atoms with van der Waals surface area (Å²) < 4.78 is 5.36. The van der Waals surface area contributed by atoms with Gasteiger partial charge in [0, 0.05) is 51.7 Å². The minimum Gasteiger partial charge on any atom is -0.469 e. The molecule has 0 radical (unpaired) electrons. The van der Waals surface area contributed by atoms with Crippen LogP contribution in [0, 0.1) is 0 Å². The second-order valence-corrected chi connectivity index (χ2v) is 6.30. The first-order valence-electron chi connectivity index (χ1n) is 9.23. The average molecular weight is 463 g/mol. The number of nitrogens with one attached hydrogen (secondary N) is 2. The van der Waals surface area contributed by atoms with E-state index in [1.54, 1.807) is 6.26 Å². The molecule has 0 spiro atoms. The summed E-state index contributed by atoms with van der Waals surface area (Å²) in [4.78, 5) is 9.81. The van der Waals surface area contributed by atoms with E-state index >= 15 is 0 Å². The van der Waals surface area contributed by atoms with Crippen LogP contribution in [0.1, 0.15) is 26.5 Å². The van der Waals surface area contributed by atoms with Gasteiger partial charge in [-0.1, -0.05) is 6.92 Å². The lowest BCUT2D eigenvalue weighted by molar-refractivity contribution is 0.109. The van der Waals surface area contributed by atoms with Gasteiger partial charge in [-0.3, -0.25) is 9.89 Å². The van der Waals surface area contributed by atoms with Crippen LogP contribution < -0.4 is 10.6 Å². The van der Waals surface area contributed by atoms with Crippen LogP contribution in [-0.4, -0.2) is 74.2 Å². The van der Waals surface area contributed by atoms with Gasteiger partial charge in [-0.25, -0.2) is 0 Å². The number of rotatable bonds is 8. The number of guanidine groups is 1. The number of hydrogen-bond donors (Lipinski definition) is 2. The molecule has 1 fully saturated rings. The molecule has 7 heteroatoms. The van der Waals surface area contributed by atoms with Gasteiger partial charge in [-0.2, -0.15) is 0 Å². The van der Waals surface area contributed by atoms with E-state index in [2.05, 4.69) is 41.2 Å². The zero-order valence-electron chi connectivity index (χ0n) is 15.8. The van der Waals surface area contributed by atoms with Crippen LogP contribution in [0.4, 0.5) is 0 Å². The lowest BCUT2D eigenvalue weighted by atomic mass is 10.2. The fourth-order valence-corrected chi connectivity index (χ4v) is 2.96. The normalized spacial score (nSPS) is 17.8. The van der Waals surface area contributed by atoms with Gasteiger partial charge >= 0.3 is 0 Å². The molecular weight excluding hydrogens is 429 g/mol. The molecule has 25 heavy (non-hydrogen) atoms. The van der Waals surface area contributed by atoms with Gasteiger partial charge in [0.05, 0.1) is 12.8 Å². The third-order valence-corrected chi connectivity index (χ3v) is 4.58. The minimum atomic E-state index is 0. The summed E-state index contributed by atoms with van der Waals surface area (Å²) >= 11 is 0. The molecule has 0 bridgehead atoms. The molecule has 2 N–H and O–H groups in total. The van der Waals surface area contributed by atoms with E-state index in [4.69, 9.17) is 9.41 Å². The summed E-state index contributed by atoms with van der Waals surface area (Å²) in [7, 11) is 0. The number of likely N-dealkylation sites (N-methyl/N-ethyl adjacent to an activating group) is 1. The molecule has 2 rings (SSSR count). The molecule has 1 atom stereocenters. The van der Waals surface area contributed by atoms with Gasteiger partial charge in [0.1, 0.15) is 5.76 Å². The Kier molecular flexibility index (Phi) is 11.2. The van der Waals surface area contributed by atoms with Gasteiger partial charge in [0.25, 0.3) is 0 Å². The molecule has 1 unspecified atom stereocenters. The summed E-state index contributed by atoms with van der Waals surface area (Å²) in [6.07, 6.45) is 2.58. The lowest BCUT2D eigenvalue weighted by Gasteiger charge is -2.37. The van der Waals surface area contributed by atoms with Crippen molar-refractivity contribution in [2.45, 2.75) is 33.2 Å². The molecule has 6 nitrogen and oxygen atoms in total. The summed E-state index contributed by atoms with van der Waals surface area (Å²) in [5.74, 6) is 1.89. The SMILES string of the molecule is CCNC(=NCC(C)N1CCN(CC)CC1)NCCc1ccco1.I. The molecule has 0 amide bonds. The Labute approximate surface area is 169 Å². The maximum Gasteiger partial charge on any atom is 0.191 e. The standard InChI is InChI=1S/C18H33N5O.HI/c1-4-19-18(20-9-8-17-7-6-14-24-17)21-15-16(3)23-12-10-22(5-2)11-13-23;/h6-7,14,16H,4-5,8-13,15H2,1-3H3,(H2,19,20,21);1H. The monoisotopic (exact) mass is 463 g/mol. The van der Waals surface area contributed by atoms with Gasteiger partial charge in [-0.05, 0) is 32.5 Å². The van der Waals surface area contributed by atoms with Crippen molar-refractivity contribution >= 4 is 29.9 Å². The Morgan fingerprint density at radius 1 is 1.24 bits per heavy atom. The summed E-state index contributed by atoms with van der Waals surface area (Å²) in [6.45, 7) is 14.9. The number of halogens is 1. The number of nitrogens with zero attached hydrogens (tertiary/aromatic N) is 3. The third kappa shape index (κ3) is 7.96. The van der Waals surface area contributed by atoms with Crippen LogP contribution in [-0.2, 0) is 6.42 Å². The van der Waals surface area contributed by atoms with Crippen molar-refractivity contribution in [2.24, 2.45) is 4.99 Å². The number of piperazine rings is 1. The van der Waals surface area contributed by atoms with Crippen LogP contribution in [0.5, 0.6) is 0 Å². The lowest BCUT2D eigenvalue weighted by Crippen LogP contribution is -2.50. The number of furan rings is 1. The van der Waals surface area contributed by atoms with E-state index in [0.717, 1.165) is 57.4 Å². The Bertz CT molecular complexity index is 472. The fraction of sp³-hybridized carbons (Fsp3) is 0.722. The highest BCUT2D eigenvalue weighted by atomic mass is 127. The van der Waals surface area contributed by atoms with E-state index in [-0.39, 0.29) is 24.0 Å². The predicted molar refractivity (Wildman–Crippen MR) is 115 cm³/mol. The smallest absolute Gasteiger partial charge is 0.191 e. The first-order valence-corrected chi connectivity index (χ1v) is 9.23. The highest BCUT2D eigenvalue weighted by Crippen LogP contribution is 2.06. The Morgan fingerprint density at radius 2 is 2.00 bits per heavy atom. The van der Waals surface area contributed by atoms with Crippen molar-refractivity contribution in [1.29, 1.82) is 0 Å².